The molecule has 1 unspecified atom stereocenters. The third kappa shape index (κ3) is 3.59. The molecule has 3 N–H and O–H groups in total. The van der Waals surface area contributed by atoms with E-state index in [9.17, 15) is 4.79 Å². The standard InChI is InChI=1S/C16H18N2O2/c1-12(11-17)16(19)18-14-9-5-6-10-15(14)20-13-7-3-2-4-8-13/h2-10,12H,11,17H2,1H3,(H,18,19). The second kappa shape index (κ2) is 6.73. The number of nitrogens with two attached hydrogens (primary N) is 1. The number of ether oxygens (including phenoxy) is 1. The summed E-state index contributed by atoms with van der Waals surface area (Å²) in [6.07, 6.45) is 0. The SMILES string of the molecule is CC(CN)C(=O)Nc1ccccc1Oc1ccccc1. The molecule has 4 heteroatoms. The molecule has 2 rings (SSSR count). The zero-order chi connectivity index (χ0) is 14.4. The van der Waals surface area contributed by atoms with Crippen molar-refractivity contribution in [3.05, 3.63) is 54.6 Å². The third-order valence-corrected chi connectivity index (χ3v) is 2.92. The minimum absolute atomic E-state index is 0.114. The number of nitrogens with one attached hydrogen (secondary N) is 1. The molecule has 2 aromatic carbocycles. The fraction of sp³-hybridized carbons (Fsp3) is 0.188. The fourth-order valence-electron chi connectivity index (χ4n) is 1.64. The summed E-state index contributed by atoms with van der Waals surface area (Å²) in [5.74, 6) is 0.980. The molecule has 0 heterocycles. The van der Waals surface area contributed by atoms with Gasteiger partial charge in [0.1, 0.15) is 5.75 Å². The maximum atomic E-state index is 11.9. The minimum Gasteiger partial charge on any atom is -0.455 e. The van der Waals surface area contributed by atoms with Gasteiger partial charge in [0.15, 0.2) is 5.75 Å². The van der Waals surface area contributed by atoms with Crippen LogP contribution in [0.3, 0.4) is 0 Å². The number of anilines is 1. The molecule has 0 saturated heterocycles. The van der Waals surface area contributed by atoms with Crippen LogP contribution in [0, 0.1) is 5.92 Å². The summed E-state index contributed by atoms with van der Waals surface area (Å²) in [6, 6.07) is 16.8. The lowest BCUT2D eigenvalue weighted by Gasteiger charge is -2.14. The lowest BCUT2D eigenvalue weighted by Crippen LogP contribution is -2.26. The number of carbonyl (C=O) groups is 1. The van der Waals surface area contributed by atoms with E-state index in [0.717, 1.165) is 5.75 Å². The first-order valence-corrected chi connectivity index (χ1v) is 6.53. The van der Waals surface area contributed by atoms with Crippen LogP contribution in [-0.2, 0) is 4.79 Å². The van der Waals surface area contributed by atoms with E-state index < -0.39 is 0 Å². The lowest BCUT2D eigenvalue weighted by atomic mass is 10.1. The first-order chi connectivity index (χ1) is 9.70. The highest BCUT2D eigenvalue weighted by atomic mass is 16.5. The highest BCUT2D eigenvalue weighted by Gasteiger charge is 2.13. The van der Waals surface area contributed by atoms with E-state index in [4.69, 9.17) is 10.5 Å². The minimum atomic E-state index is -0.236. The zero-order valence-corrected chi connectivity index (χ0v) is 11.4. The van der Waals surface area contributed by atoms with E-state index in [2.05, 4.69) is 5.32 Å². The van der Waals surface area contributed by atoms with Gasteiger partial charge in [0.05, 0.1) is 5.69 Å². The van der Waals surface area contributed by atoms with Crippen LogP contribution in [0.15, 0.2) is 54.6 Å². The maximum Gasteiger partial charge on any atom is 0.228 e. The van der Waals surface area contributed by atoms with Crippen molar-refractivity contribution in [2.24, 2.45) is 11.7 Å². The smallest absolute Gasteiger partial charge is 0.228 e. The van der Waals surface area contributed by atoms with Gasteiger partial charge >= 0.3 is 0 Å². The van der Waals surface area contributed by atoms with Gasteiger partial charge in [-0.25, -0.2) is 0 Å². The van der Waals surface area contributed by atoms with Gasteiger partial charge in [-0.15, -0.1) is 0 Å². The van der Waals surface area contributed by atoms with E-state index >= 15 is 0 Å². The first-order valence-electron chi connectivity index (χ1n) is 6.53. The van der Waals surface area contributed by atoms with Crippen molar-refractivity contribution >= 4 is 11.6 Å². The highest BCUT2D eigenvalue weighted by molar-refractivity contribution is 5.93. The lowest BCUT2D eigenvalue weighted by molar-refractivity contribution is -0.119. The van der Waals surface area contributed by atoms with Crippen molar-refractivity contribution in [2.75, 3.05) is 11.9 Å². The quantitative estimate of drug-likeness (QED) is 0.877. The number of hydrogen-bond acceptors (Lipinski definition) is 3. The maximum absolute atomic E-state index is 11.9. The summed E-state index contributed by atoms with van der Waals surface area (Å²) in [5.41, 5.74) is 6.14. The van der Waals surface area contributed by atoms with Crippen LogP contribution >= 0.6 is 0 Å². The molecular formula is C16H18N2O2. The number of carbonyl (C=O) groups excluding carboxylic acids is 1. The Bertz CT molecular complexity index is 570. The molecule has 1 amide bonds. The van der Waals surface area contributed by atoms with Gasteiger partial charge < -0.3 is 15.8 Å². The van der Waals surface area contributed by atoms with Gasteiger partial charge in [-0.1, -0.05) is 37.3 Å². The van der Waals surface area contributed by atoms with Gasteiger partial charge in [0.25, 0.3) is 0 Å². The first kappa shape index (κ1) is 14.1. The molecule has 2 aromatic rings. The van der Waals surface area contributed by atoms with Gasteiger partial charge in [0.2, 0.25) is 5.91 Å². The topological polar surface area (TPSA) is 64.4 Å². The molecule has 4 nitrogen and oxygen atoms in total. The zero-order valence-electron chi connectivity index (χ0n) is 11.4. The molecule has 0 saturated carbocycles. The Kier molecular flexibility index (Phi) is 4.74. The predicted molar refractivity (Wildman–Crippen MR) is 79.8 cm³/mol. The monoisotopic (exact) mass is 270 g/mol. The van der Waals surface area contributed by atoms with Crippen molar-refractivity contribution in [3.63, 3.8) is 0 Å². The molecule has 20 heavy (non-hydrogen) atoms. The fourth-order valence-corrected chi connectivity index (χ4v) is 1.64. The van der Waals surface area contributed by atoms with E-state index in [0.29, 0.717) is 18.0 Å². The van der Waals surface area contributed by atoms with Crippen LogP contribution in [0.4, 0.5) is 5.69 Å². The van der Waals surface area contributed by atoms with Crippen LogP contribution in [0.5, 0.6) is 11.5 Å². The summed E-state index contributed by atoms with van der Waals surface area (Å²) in [5, 5.41) is 2.84. The highest BCUT2D eigenvalue weighted by Crippen LogP contribution is 2.29. The Morgan fingerprint density at radius 1 is 1.15 bits per heavy atom. The number of benzene rings is 2. The van der Waals surface area contributed by atoms with Gasteiger partial charge in [0, 0.05) is 12.5 Å². The molecule has 0 aliphatic rings. The van der Waals surface area contributed by atoms with Crippen LogP contribution in [-0.4, -0.2) is 12.5 Å². The second-order valence-electron chi connectivity index (χ2n) is 4.54. The molecular weight excluding hydrogens is 252 g/mol. The Labute approximate surface area is 118 Å². The molecule has 0 fully saturated rings. The number of para-hydroxylation sites is 3. The molecule has 0 bridgehead atoms. The van der Waals surface area contributed by atoms with Crippen LogP contribution in [0.25, 0.3) is 0 Å². The predicted octanol–water partition coefficient (Wildman–Crippen LogP) is 3.01. The summed E-state index contributed by atoms with van der Waals surface area (Å²) in [6.45, 7) is 2.10. The molecule has 0 aromatic heterocycles. The van der Waals surface area contributed by atoms with Crippen molar-refractivity contribution in [1.29, 1.82) is 0 Å². The number of rotatable bonds is 5. The number of hydrogen-bond donors (Lipinski definition) is 2. The van der Waals surface area contributed by atoms with Crippen LogP contribution < -0.4 is 15.8 Å². The molecule has 0 radical (unpaired) electrons. The van der Waals surface area contributed by atoms with Gasteiger partial charge in [-0.3, -0.25) is 4.79 Å². The summed E-state index contributed by atoms with van der Waals surface area (Å²) in [7, 11) is 0. The van der Waals surface area contributed by atoms with Crippen molar-refractivity contribution in [3.8, 4) is 11.5 Å². The second-order valence-corrected chi connectivity index (χ2v) is 4.54. The Balaban J connectivity index is 2.16. The largest absolute Gasteiger partial charge is 0.455 e. The molecule has 0 aliphatic heterocycles. The third-order valence-electron chi connectivity index (χ3n) is 2.92. The Morgan fingerprint density at radius 3 is 2.50 bits per heavy atom. The van der Waals surface area contributed by atoms with E-state index in [1.54, 1.807) is 13.0 Å². The van der Waals surface area contributed by atoms with Crippen LogP contribution in [0.2, 0.25) is 0 Å². The summed E-state index contributed by atoms with van der Waals surface area (Å²) < 4.78 is 5.78. The average molecular weight is 270 g/mol. The molecule has 1 atom stereocenters. The van der Waals surface area contributed by atoms with Crippen molar-refractivity contribution in [1.82, 2.24) is 0 Å². The van der Waals surface area contributed by atoms with Gasteiger partial charge in [-0.2, -0.15) is 0 Å². The average Bonchev–Trinajstić information content (AvgIpc) is 2.49. The van der Waals surface area contributed by atoms with E-state index in [1.807, 2.05) is 48.5 Å². The Hall–Kier alpha value is -2.33. The van der Waals surface area contributed by atoms with Crippen LogP contribution in [0.1, 0.15) is 6.92 Å². The van der Waals surface area contributed by atoms with Crippen molar-refractivity contribution in [2.45, 2.75) is 6.92 Å². The van der Waals surface area contributed by atoms with E-state index in [1.165, 1.54) is 0 Å². The Morgan fingerprint density at radius 2 is 1.80 bits per heavy atom. The van der Waals surface area contributed by atoms with Crippen molar-refractivity contribution < 1.29 is 9.53 Å². The molecule has 0 spiro atoms. The summed E-state index contributed by atoms with van der Waals surface area (Å²) >= 11 is 0. The summed E-state index contributed by atoms with van der Waals surface area (Å²) in [4.78, 5) is 11.9. The number of amides is 1. The van der Waals surface area contributed by atoms with E-state index in [-0.39, 0.29) is 11.8 Å². The molecule has 104 valence electrons. The molecule has 0 aliphatic carbocycles. The van der Waals surface area contributed by atoms with Gasteiger partial charge in [-0.05, 0) is 24.3 Å². The normalized spacial score (nSPS) is 11.7.